The van der Waals surface area contributed by atoms with Crippen LogP contribution in [0.15, 0.2) is 42.5 Å². The molecule has 0 N–H and O–H groups in total. The summed E-state index contributed by atoms with van der Waals surface area (Å²) in [5, 5.41) is 8.70. The van der Waals surface area contributed by atoms with Crippen LogP contribution in [0.4, 0.5) is 0 Å². The molecule has 116 valence electrons. The van der Waals surface area contributed by atoms with Crippen molar-refractivity contribution in [2.75, 3.05) is 13.4 Å². The van der Waals surface area contributed by atoms with Gasteiger partial charge in [0, 0.05) is 0 Å². The molecule has 2 aromatic carbocycles. The number of carbonyl (C=O) groups excluding carboxylic acids is 1. The van der Waals surface area contributed by atoms with Crippen LogP contribution >= 0.6 is 0 Å². The van der Waals surface area contributed by atoms with Crippen LogP contribution in [0.2, 0.25) is 0 Å². The maximum atomic E-state index is 11.7. The standard InChI is InChI=1S/C17H13NO5/c18-8-12-1-4-14(5-2-12)20-10-17(19)21-9-13-3-6-15-16(7-13)23-11-22-15/h1-7H,9-11H2. The molecule has 3 rings (SSSR count). The van der Waals surface area contributed by atoms with Gasteiger partial charge in [0.15, 0.2) is 18.1 Å². The largest absolute Gasteiger partial charge is 0.482 e. The van der Waals surface area contributed by atoms with E-state index in [1.807, 2.05) is 12.1 Å². The number of ether oxygens (including phenoxy) is 4. The van der Waals surface area contributed by atoms with E-state index in [0.717, 1.165) is 5.56 Å². The van der Waals surface area contributed by atoms with Gasteiger partial charge >= 0.3 is 5.97 Å². The highest BCUT2D eigenvalue weighted by Crippen LogP contribution is 2.32. The highest BCUT2D eigenvalue weighted by Gasteiger charge is 2.14. The van der Waals surface area contributed by atoms with Crippen LogP contribution in [0.25, 0.3) is 0 Å². The Hall–Kier alpha value is -3.20. The van der Waals surface area contributed by atoms with Crippen LogP contribution in [0.1, 0.15) is 11.1 Å². The first-order chi connectivity index (χ1) is 11.2. The van der Waals surface area contributed by atoms with Crippen molar-refractivity contribution in [1.29, 1.82) is 5.26 Å². The van der Waals surface area contributed by atoms with E-state index in [0.29, 0.717) is 22.8 Å². The lowest BCUT2D eigenvalue weighted by Gasteiger charge is -2.07. The van der Waals surface area contributed by atoms with Crippen molar-refractivity contribution in [3.05, 3.63) is 53.6 Å². The number of esters is 1. The lowest BCUT2D eigenvalue weighted by molar-refractivity contribution is -0.147. The number of carbonyl (C=O) groups is 1. The quantitative estimate of drug-likeness (QED) is 0.789. The van der Waals surface area contributed by atoms with Gasteiger partial charge in [-0.25, -0.2) is 4.79 Å². The van der Waals surface area contributed by atoms with Gasteiger partial charge in [-0.05, 0) is 42.0 Å². The predicted octanol–water partition coefficient (Wildman–Crippen LogP) is 2.41. The third kappa shape index (κ3) is 3.71. The van der Waals surface area contributed by atoms with Crippen LogP contribution in [-0.4, -0.2) is 19.4 Å². The van der Waals surface area contributed by atoms with Crippen molar-refractivity contribution >= 4 is 5.97 Å². The van der Waals surface area contributed by atoms with Crippen molar-refractivity contribution in [2.45, 2.75) is 6.61 Å². The zero-order valence-electron chi connectivity index (χ0n) is 12.2. The van der Waals surface area contributed by atoms with E-state index in [-0.39, 0.29) is 20.0 Å². The molecule has 0 aliphatic carbocycles. The smallest absolute Gasteiger partial charge is 0.344 e. The molecule has 0 saturated heterocycles. The predicted molar refractivity (Wildman–Crippen MR) is 79.0 cm³/mol. The van der Waals surface area contributed by atoms with Crippen molar-refractivity contribution in [3.8, 4) is 23.3 Å². The molecule has 0 amide bonds. The SMILES string of the molecule is N#Cc1ccc(OCC(=O)OCc2ccc3c(c2)OCO3)cc1. The highest BCUT2D eigenvalue weighted by atomic mass is 16.7. The Balaban J connectivity index is 1.47. The first kappa shape index (κ1) is 14.7. The number of fused-ring (bicyclic) bond motifs is 1. The summed E-state index contributed by atoms with van der Waals surface area (Å²) in [5.74, 6) is 1.35. The second-order valence-electron chi connectivity index (χ2n) is 4.77. The van der Waals surface area contributed by atoms with Crippen LogP contribution in [0.5, 0.6) is 17.2 Å². The Bertz CT molecular complexity index is 749. The lowest BCUT2D eigenvalue weighted by atomic mass is 10.2. The number of hydrogen-bond donors (Lipinski definition) is 0. The van der Waals surface area contributed by atoms with E-state index in [1.165, 1.54) is 0 Å². The Kier molecular flexibility index (Phi) is 4.29. The van der Waals surface area contributed by atoms with E-state index in [4.69, 9.17) is 24.2 Å². The van der Waals surface area contributed by atoms with Crippen molar-refractivity contribution in [3.63, 3.8) is 0 Å². The van der Waals surface area contributed by atoms with E-state index in [1.54, 1.807) is 36.4 Å². The molecule has 0 saturated carbocycles. The molecular weight excluding hydrogens is 298 g/mol. The number of nitriles is 1. The second kappa shape index (κ2) is 6.71. The van der Waals surface area contributed by atoms with E-state index >= 15 is 0 Å². The number of rotatable bonds is 5. The van der Waals surface area contributed by atoms with Crippen LogP contribution < -0.4 is 14.2 Å². The Labute approximate surface area is 132 Å². The molecular formula is C17H13NO5. The molecule has 0 spiro atoms. The van der Waals surface area contributed by atoms with E-state index < -0.39 is 5.97 Å². The fourth-order valence-electron chi connectivity index (χ4n) is 2.00. The van der Waals surface area contributed by atoms with Crippen molar-refractivity contribution < 1.29 is 23.7 Å². The average molecular weight is 311 g/mol. The van der Waals surface area contributed by atoms with E-state index in [9.17, 15) is 4.79 Å². The molecule has 1 aliphatic rings. The summed E-state index contributed by atoms with van der Waals surface area (Å²) >= 11 is 0. The Morgan fingerprint density at radius 1 is 1.13 bits per heavy atom. The monoisotopic (exact) mass is 311 g/mol. The fraction of sp³-hybridized carbons (Fsp3) is 0.176. The van der Waals surface area contributed by atoms with Gasteiger partial charge in [-0.1, -0.05) is 6.07 Å². The summed E-state index contributed by atoms with van der Waals surface area (Å²) in [6, 6.07) is 13.9. The zero-order chi connectivity index (χ0) is 16.1. The molecule has 1 heterocycles. The molecule has 2 aromatic rings. The molecule has 1 aliphatic heterocycles. The minimum absolute atomic E-state index is 0.131. The Morgan fingerprint density at radius 2 is 1.91 bits per heavy atom. The van der Waals surface area contributed by atoms with Gasteiger partial charge in [0.05, 0.1) is 11.6 Å². The Morgan fingerprint density at radius 3 is 2.70 bits per heavy atom. The maximum absolute atomic E-state index is 11.7. The third-order valence-corrected chi connectivity index (χ3v) is 3.18. The van der Waals surface area contributed by atoms with Gasteiger partial charge in [-0.15, -0.1) is 0 Å². The molecule has 0 fully saturated rings. The van der Waals surface area contributed by atoms with Gasteiger partial charge in [0.25, 0.3) is 0 Å². The first-order valence-corrected chi connectivity index (χ1v) is 6.92. The first-order valence-electron chi connectivity index (χ1n) is 6.92. The molecule has 0 bridgehead atoms. The minimum atomic E-state index is -0.480. The lowest BCUT2D eigenvalue weighted by Crippen LogP contribution is -2.14. The summed E-state index contributed by atoms with van der Waals surface area (Å²) in [7, 11) is 0. The summed E-state index contributed by atoms with van der Waals surface area (Å²) in [4.78, 5) is 11.7. The zero-order valence-corrected chi connectivity index (χ0v) is 12.2. The van der Waals surface area contributed by atoms with Crippen LogP contribution in [0, 0.1) is 11.3 Å². The third-order valence-electron chi connectivity index (χ3n) is 3.18. The minimum Gasteiger partial charge on any atom is -0.482 e. The number of hydrogen-bond acceptors (Lipinski definition) is 6. The molecule has 6 heteroatoms. The molecule has 0 atom stereocenters. The summed E-state index contributed by atoms with van der Waals surface area (Å²) in [6.45, 7) is 0.139. The van der Waals surface area contributed by atoms with Crippen LogP contribution in [0.3, 0.4) is 0 Å². The van der Waals surface area contributed by atoms with Crippen molar-refractivity contribution in [2.24, 2.45) is 0 Å². The van der Waals surface area contributed by atoms with Gasteiger partial charge in [-0.3, -0.25) is 0 Å². The highest BCUT2D eigenvalue weighted by molar-refractivity contribution is 5.71. The summed E-state index contributed by atoms with van der Waals surface area (Å²) in [5.41, 5.74) is 1.34. The van der Waals surface area contributed by atoms with Gasteiger partial charge in [0.1, 0.15) is 12.4 Å². The molecule has 23 heavy (non-hydrogen) atoms. The van der Waals surface area contributed by atoms with Gasteiger partial charge in [0.2, 0.25) is 6.79 Å². The number of benzene rings is 2. The molecule has 0 unspecified atom stereocenters. The fourth-order valence-corrected chi connectivity index (χ4v) is 2.00. The molecule has 0 radical (unpaired) electrons. The molecule has 0 aromatic heterocycles. The van der Waals surface area contributed by atoms with Crippen LogP contribution in [-0.2, 0) is 16.1 Å². The van der Waals surface area contributed by atoms with Gasteiger partial charge in [-0.2, -0.15) is 5.26 Å². The topological polar surface area (TPSA) is 77.8 Å². The number of nitrogens with zero attached hydrogens (tertiary/aromatic N) is 1. The summed E-state index contributed by atoms with van der Waals surface area (Å²) < 4.78 is 20.9. The summed E-state index contributed by atoms with van der Waals surface area (Å²) in [6.07, 6.45) is 0. The van der Waals surface area contributed by atoms with Crippen molar-refractivity contribution in [1.82, 2.24) is 0 Å². The average Bonchev–Trinajstić information content (AvgIpc) is 3.06. The normalized spacial score (nSPS) is 11.6. The van der Waals surface area contributed by atoms with Gasteiger partial charge < -0.3 is 18.9 Å². The van der Waals surface area contributed by atoms with E-state index in [2.05, 4.69) is 0 Å². The maximum Gasteiger partial charge on any atom is 0.344 e. The molecule has 6 nitrogen and oxygen atoms in total. The second-order valence-corrected chi connectivity index (χ2v) is 4.77.